The predicted molar refractivity (Wildman–Crippen MR) is 62.4 cm³/mol. The average Bonchev–Trinajstić information content (AvgIpc) is 2.45. The minimum atomic E-state index is 0.339. The third kappa shape index (κ3) is 2.69. The number of anilines is 1. The van der Waals surface area contributed by atoms with Crippen LogP contribution in [0.3, 0.4) is 0 Å². The smallest absolute Gasteiger partial charge is 0.240 e. The van der Waals surface area contributed by atoms with Gasteiger partial charge in [0.05, 0.1) is 0 Å². The van der Waals surface area contributed by atoms with Gasteiger partial charge in [-0.15, -0.1) is 5.10 Å². The standard InChI is InChI=1S/C9H16BrN5/c1-14-4-2-3-7(5-14)6-15-8(10)12-9(11)13-15/h7H,2-6H2,1H3,(H2,11,13). The van der Waals surface area contributed by atoms with Gasteiger partial charge in [0.15, 0.2) is 4.73 Å². The summed E-state index contributed by atoms with van der Waals surface area (Å²) >= 11 is 3.35. The molecule has 0 bridgehead atoms. The van der Waals surface area contributed by atoms with Crippen molar-refractivity contribution in [1.29, 1.82) is 0 Å². The van der Waals surface area contributed by atoms with Crippen LogP contribution in [0.5, 0.6) is 0 Å². The van der Waals surface area contributed by atoms with Gasteiger partial charge in [-0.05, 0) is 48.3 Å². The van der Waals surface area contributed by atoms with Gasteiger partial charge in [-0.25, -0.2) is 4.68 Å². The first kappa shape index (κ1) is 10.9. The Morgan fingerprint density at radius 3 is 3.00 bits per heavy atom. The van der Waals surface area contributed by atoms with Gasteiger partial charge in [-0.2, -0.15) is 4.98 Å². The molecule has 1 aromatic heterocycles. The molecule has 1 saturated heterocycles. The molecule has 1 aliphatic rings. The molecule has 1 unspecified atom stereocenters. The van der Waals surface area contributed by atoms with Crippen LogP contribution >= 0.6 is 15.9 Å². The topological polar surface area (TPSA) is 60.0 Å². The lowest BCUT2D eigenvalue weighted by Crippen LogP contribution is -2.34. The summed E-state index contributed by atoms with van der Waals surface area (Å²) in [5.74, 6) is 0.993. The van der Waals surface area contributed by atoms with Gasteiger partial charge in [0.25, 0.3) is 0 Å². The van der Waals surface area contributed by atoms with E-state index in [9.17, 15) is 0 Å². The van der Waals surface area contributed by atoms with Gasteiger partial charge in [0, 0.05) is 13.1 Å². The van der Waals surface area contributed by atoms with Crippen LogP contribution in [-0.4, -0.2) is 39.8 Å². The molecule has 0 aromatic carbocycles. The van der Waals surface area contributed by atoms with Crippen LogP contribution in [0.15, 0.2) is 4.73 Å². The van der Waals surface area contributed by atoms with Gasteiger partial charge in [-0.3, -0.25) is 0 Å². The molecule has 84 valence electrons. The van der Waals surface area contributed by atoms with E-state index in [1.807, 2.05) is 4.68 Å². The highest BCUT2D eigenvalue weighted by Gasteiger charge is 2.19. The van der Waals surface area contributed by atoms with Gasteiger partial charge >= 0.3 is 0 Å². The second kappa shape index (κ2) is 4.49. The summed E-state index contributed by atoms with van der Waals surface area (Å²) in [6, 6.07) is 0. The number of piperidine rings is 1. The molecule has 2 rings (SSSR count). The van der Waals surface area contributed by atoms with E-state index in [1.165, 1.54) is 19.4 Å². The summed E-state index contributed by atoms with van der Waals surface area (Å²) in [4.78, 5) is 6.39. The molecule has 6 heteroatoms. The fraction of sp³-hybridized carbons (Fsp3) is 0.778. The maximum Gasteiger partial charge on any atom is 0.240 e. The van der Waals surface area contributed by atoms with E-state index in [4.69, 9.17) is 5.73 Å². The molecule has 0 aliphatic carbocycles. The number of nitrogen functional groups attached to an aromatic ring is 1. The highest BCUT2D eigenvalue weighted by molar-refractivity contribution is 9.10. The van der Waals surface area contributed by atoms with Gasteiger partial charge in [0.2, 0.25) is 5.95 Å². The van der Waals surface area contributed by atoms with Crippen LogP contribution < -0.4 is 5.73 Å². The lowest BCUT2D eigenvalue weighted by molar-refractivity contribution is 0.190. The number of hydrogen-bond acceptors (Lipinski definition) is 4. The third-order valence-electron chi connectivity index (χ3n) is 2.80. The lowest BCUT2D eigenvalue weighted by Gasteiger charge is -2.29. The number of halogens is 1. The van der Waals surface area contributed by atoms with Crippen molar-refractivity contribution in [2.75, 3.05) is 25.9 Å². The largest absolute Gasteiger partial charge is 0.366 e. The Bertz CT molecular complexity index is 337. The summed E-state index contributed by atoms with van der Waals surface area (Å²) in [5, 5.41) is 4.15. The van der Waals surface area contributed by atoms with Crippen molar-refractivity contribution >= 4 is 21.9 Å². The van der Waals surface area contributed by atoms with E-state index >= 15 is 0 Å². The predicted octanol–water partition coefficient (Wildman–Crippen LogP) is 0.965. The number of aromatic nitrogens is 3. The van der Waals surface area contributed by atoms with E-state index < -0.39 is 0 Å². The molecule has 1 aromatic rings. The molecule has 5 nitrogen and oxygen atoms in total. The minimum absolute atomic E-state index is 0.339. The highest BCUT2D eigenvalue weighted by Crippen LogP contribution is 2.19. The Hall–Kier alpha value is -0.620. The van der Waals surface area contributed by atoms with Crippen molar-refractivity contribution in [3.63, 3.8) is 0 Å². The van der Waals surface area contributed by atoms with Gasteiger partial charge < -0.3 is 10.6 Å². The summed E-state index contributed by atoms with van der Waals surface area (Å²) in [7, 11) is 2.16. The molecule has 2 heterocycles. The van der Waals surface area contributed by atoms with Crippen molar-refractivity contribution in [2.45, 2.75) is 19.4 Å². The molecule has 0 spiro atoms. The van der Waals surface area contributed by atoms with Crippen LogP contribution in [0.1, 0.15) is 12.8 Å². The molecule has 0 saturated carbocycles. The summed E-state index contributed by atoms with van der Waals surface area (Å²) in [5.41, 5.74) is 5.53. The van der Waals surface area contributed by atoms with Crippen LogP contribution in [0.25, 0.3) is 0 Å². The fourth-order valence-electron chi connectivity index (χ4n) is 2.12. The molecule has 15 heavy (non-hydrogen) atoms. The minimum Gasteiger partial charge on any atom is -0.366 e. The average molecular weight is 274 g/mol. The number of nitrogens with zero attached hydrogens (tertiary/aromatic N) is 4. The molecular formula is C9H16BrN5. The quantitative estimate of drug-likeness (QED) is 0.872. The Morgan fingerprint density at radius 1 is 1.60 bits per heavy atom. The second-order valence-corrected chi connectivity index (χ2v) is 4.90. The first-order chi connectivity index (χ1) is 7.15. The molecule has 0 amide bonds. The van der Waals surface area contributed by atoms with Crippen molar-refractivity contribution < 1.29 is 0 Å². The maximum atomic E-state index is 5.53. The fourth-order valence-corrected chi connectivity index (χ4v) is 2.53. The number of likely N-dealkylation sites (tertiary alicyclic amines) is 1. The highest BCUT2D eigenvalue weighted by atomic mass is 79.9. The third-order valence-corrected chi connectivity index (χ3v) is 3.38. The Kier molecular flexibility index (Phi) is 3.25. The number of nitrogens with two attached hydrogens (primary N) is 1. The first-order valence-corrected chi connectivity index (χ1v) is 5.99. The zero-order valence-corrected chi connectivity index (χ0v) is 10.4. The van der Waals surface area contributed by atoms with Crippen LogP contribution in [0.2, 0.25) is 0 Å². The first-order valence-electron chi connectivity index (χ1n) is 5.19. The van der Waals surface area contributed by atoms with Crippen LogP contribution in [0.4, 0.5) is 5.95 Å². The zero-order valence-electron chi connectivity index (χ0n) is 8.86. The molecular weight excluding hydrogens is 258 g/mol. The van der Waals surface area contributed by atoms with Crippen molar-refractivity contribution in [3.05, 3.63) is 4.73 Å². The number of rotatable bonds is 2. The van der Waals surface area contributed by atoms with Crippen LogP contribution in [-0.2, 0) is 6.54 Å². The SMILES string of the molecule is CN1CCCC(Cn2nc(N)nc2Br)C1. The van der Waals surface area contributed by atoms with E-state index in [0.29, 0.717) is 11.9 Å². The van der Waals surface area contributed by atoms with E-state index in [0.717, 1.165) is 17.8 Å². The molecule has 2 N–H and O–H groups in total. The van der Waals surface area contributed by atoms with Crippen LogP contribution in [0, 0.1) is 5.92 Å². The molecule has 1 aliphatic heterocycles. The van der Waals surface area contributed by atoms with Crippen molar-refractivity contribution in [2.24, 2.45) is 5.92 Å². The summed E-state index contributed by atoms with van der Waals surface area (Å²) in [6.45, 7) is 3.23. The van der Waals surface area contributed by atoms with Gasteiger partial charge in [-0.1, -0.05) is 0 Å². The number of hydrogen-bond donors (Lipinski definition) is 1. The van der Waals surface area contributed by atoms with Gasteiger partial charge in [0.1, 0.15) is 0 Å². The molecule has 1 atom stereocenters. The molecule has 0 radical (unpaired) electrons. The van der Waals surface area contributed by atoms with E-state index in [2.05, 4.69) is 38.0 Å². The Balaban J connectivity index is 1.99. The lowest BCUT2D eigenvalue weighted by atomic mass is 9.99. The monoisotopic (exact) mass is 273 g/mol. The van der Waals surface area contributed by atoms with Crippen molar-refractivity contribution in [3.8, 4) is 0 Å². The van der Waals surface area contributed by atoms with E-state index in [1.54, 1.807) is 0 Å². The Morgan fingerprint density at radius 2 is 2.40 bits per heavy atom. The van der Waals surface area contributed by atoms with Crippen molar-refractivity contribution in [1.82, 2.24) is 19.7 Å². The second-order valence-electron chi connectivity index (χ2n) is 4.19. The summed E-state index contributed by atoms with van der Waals surface area (Å²) in [6.07, 6.45) is 2.53. The maximum absolute atomic E-state index is 5.53. The zero-order chi connectivity index (χ0) is 10.8. The Labute approximate surface area is 97.8 Å². The molecule has 1 fully saturated rings. The normalized spacial score (nSPS) is 23.2. The summed E-state index contributed by atoms with van der Waals surface area (Å²) < 4.78 is 2.58. The van der Waals surface area contributed by atoms with E-state index in [-0.39, 0.29) is 0 Å².